The molecule has 0 radical (unpaired) electrons. The number of anilines is 1. The van der Waals surface area contributed by atoms with Crippen LogP contribution in [0.2, 0.25) is 0 Å². The van der Waals surface area contributed by atoms with Crippen molar-refractivity contribution in [2.24, 2.45) is 0 Å². The van der Waals surface area contributed by atoms with Gasteiger partial charge in [-0.1, -0.05) is 0 Å². The number of pyridine rings is 1. The third-order valence-electron chi connectivity index (χ3n) is 2.55. The lowest BCUT2D eigenvalue weighted by molar-refractivity contribution is 0.163. The first kappa shape index (κ1) is 14.4. The predicted molar refractivity (Wildman–Crippen MR) is 74.5 cm³/mol. The van der Waals surface area contributed by atoms with E-state index in [9.17, 15) is 0 Å². The number of likely N-dealkylation sites (N-methyl/N-ethyl adjacent to an activating group) is 1. The van der Waals surface area contributed by atoms with E-state index in [0.717, 1.165) is 36.5 Å². The van der Waals surface area contributed by atoms with E-state index in [1.54, 1.807) is 7.11 Å². The molecule has 1 N–H and O–H groups in total. The lowest BCUT2D eigenvalue weighted by Gasteiger charge is -2.17. The first-order valence-electron chi connectivity index (χ1n) is 5.67. The van der Waals surface area contributed by atoms with E-state index in [1.165, 1.54) is 5.56 Å². The second kappa shape index (κ2) is 7.63. The number of hydrogen-bond acceptors (Lipinski definition) is 4. The lowest BCUT2D eigenvalue weighted by atomic mass is 10.3. The third-order valence-corrected chi connectivity index (χ3v) is 3.55. The molecule has 0 aliphatic carbocycles. The van der Waals surface area contributed by atoms with E-state index >= 15 is 0 Å². The first-order valence-corrected chi connectivity index (χ1v) is 6.47. The topological polar surface area (TPSA) is 37.4 Å². The van der Waals surface area contributed by atoms with Gasteiger partial charge < -0.3 is 15.0 Å². The molecule has 1 aromatic rings. The summed E-state index contributed by atoms with van der Waals surface area (Å²) < 4.78 is 6.07. The van der Waals surface area contributed by atoms with Crippen LogP contribution in [0.1, 0.15) is 5.56 Å². The standard InChI is InChI=1S/C12H20BrN3O/c1-10-4-5-14-12(11(10)13)15-6-7-16(2)8-9-17-3/h4-5H,6-9H2,1-3H3,(H,14,15). The van der Waals surface area contributed by atoms with E-state index in [-0.39, 0.29) is 0 Å². The van der Waals surface area contributed by atoms with Crippen molar-refractivity contribution in [3.63, 3.8) is 0 Å². The molecule has 4 nitrogen and oxygen atoms in total. The molecule has 1 rings (SSSR count). The summed E-state index contributed by atoms with van der Waals surface area (Å²) in [6.45, 7) is 5.60. The molecule has 1 aromatic heterocycles. The number of nitrogens with zero attached hydrogens (tertiary/aromatic N) is 2. The molecule has 0 bridgehead atoms. The Hall–Kier alpha value is -0.650. The molecule has 0 saturated carbocycles. The SMILES string of the molecule is COCCN(C)CCNc1nccc(C)c1Br. The number of rotatable bonds is 7. The van der Waals surface area contributed by atoms with Crippen LogP contribution in [0, 0.1) is 6.92 Å². The van der Waals surface area contributed by atoms with Crippen molar-refractivity contribution >= 4 is 21.7 Å². The van der Waals surface area contributed by atoms with Gasteiger partial charge in [0.2, 0.25) is 0 Å². The normalized spacial score (nSPS) is 10.9. The van der Waals surface area contributed by atoms with Crippen LogP contribution in [-0.2, 0) is 4.74 Å². The molecule has 0 spiro atoms. The Morgan fingerprint density at radius 1 is 1.47 bits per heavy atom. The summed E-state index contributed by atoms with van der Waals surface area (Å²) in [5.74, 6) is 0.908. The fourth-order valence-electron chi connectivity index (χ4n) is 1.39. The maximum Gasteiger partial charge on any atom is 0.140 e. The average molecular weight is 302 g/mol. The molecular weight excluding hydrogens is 282 g/mol. The summed E-state index contributed by atoms with van der Waals surface area (Å²) in [6.07, 6.45) is 1.82. The van der Waals surface area contributed by atoms with Gasteiger partial charge in [-0.05, 0) is 41.5 Å². The largest absolute Gasteiger partial charge is 0.383 e. The Morgan fingerprint density at radius 2 is 2.24 bits per heavy atom. The molecule has 96 valence electrons. The molecule has 0 aliphatic rings. The average Bonchev–Trinajstić information content (AvgIpc) is 2.32. The van der Waals surface area contributed by atoms with Crippen LogP contribution in [0.3, 0.4) is 0 Å². The predicted octanol–water partition coefficient (Wildman–Crippen LogP) is 2.14. The lowest BCUT2D eigenvalue weighted by Crippen LogP contribution is -2.28. The Bertz CT molecular complexity index is 347. The summed E-state index contributed by atoms with van der Waals surface area (Å²) in [5.41, 5.74) is 1.19. The van der Waals surface area contributed by atoms with Crippen molar-refractivity contribution in [3.8, 4) is 0 Å². The number of ether oxygens (including phenoxy) is 1. The van der Waals surface area contributed by atoms with Gasteiger partial charge in [-0.15, -0.1) is 0 Å². The van der Waals surface area contributed by atoms with Crippen LogP contribution in [0.25, 0.3) is 0 Å². The number of aromatic nitrogens is 1. The zero-order valence-electron chi connectivity index (χ0n) is 10.7. The molecule has 0 atom stereocenters. The highest BCUT2D eigenvalue weighted by Gasteiger charge is 2.03. The summed E-state index contributed by atoms with van der Waals surface area (Å²) in [5, 5.41) is 3.32. The van der Waals surface area contributed by atoms with Gasteiger partial charge in [0, 0.05) is 32.9 Å². The maximum atomic E-state index is 5.03. The van der Waals surface area contributed by atoms with Crippen molar-refractivity contribution < 1.29 is 4.74 Å². The Labute approximate surface area is 111 Å². The highest BCUT2D eigenvalue weighted by Crippen LogP contribution is 2.22. The smallest absolute Gasteiger partial charge is 0.140 e. The van der Waals surface area contributed by atoms with Crippen LogP contribution in [0.15, 0.2) is 16.7 Å². The second-order valence-electron chi connectivity index (χ2n) is 4.01. The van der Waals surface area contributed by atoms with Gasteiger partial charge in [0.05, 0.1) is 11.1 Å². The van der Waals surface area contributed by atoms with Crippen molar-refractivity contribution in [2.75, 3.05) is 45.7 Å². The van der Waals surface area contributed by atoms with Gasteiger partial charge in [-0.3, -0.25) is 0 Å². The minimum Gasteiger partial charge on any atom is -0.383 e. The molecule has 0 amide bonds. The molecule has 1 heterocycles. The number of aryl methyl sites for hydroxylation is 1. The van der Waals surface area contributed by atoms with Crippen molar-refractivity contribution in [1.82, 2.24) is 9.88 Å². The molecule has 5 heteroatoms. The number of halogens is 1. The molecule has 0 saturated heterocycles. The van der Waals surface area contributed by atoms with Gasteiger partial charge in [0.15, 0.2) is 0 Å². The number of hydrogen-bond donors (Lipinski definition) is 1. The van der Waals surface area contributed by atoms with Gasteiger partial charge in [-0.2, -0.15) is 0 Å². The van der Waals surface area contributed by atoms with E-state index in [0.29, 0.717) is 0 Å². The zero-order chi connectivity index (χ0) is 12.7. The summed E-state index contributed by atoms with van der Waals surface area (Å²) in [6, 6.07) is 1.99. The quantitative estimate of drug-likeness (QED) is 0.837. The van der Waals surface area contributed by atoms with Crippen LogP contribution in [-0.4, -0.2) is 50.3 Å². The van der Waals surface area contributed by atoms with E-state index in [2.05, 4.69) is 45.1 Å². The van der Waals surface area contributed by atoms with Crippen LogP contribution in [0.4, 0.5) is 5.82 Å². The second-order valence-corrected chi connectivity index (χ2v) is 4.81. The van der Waals surface area contributed by atoms with Gasteiger partial charge in [0.25, 0.3) is 0 Å². The highest BCUT2D eigenvalue weighted by molar-refractivity contribution is 9.10. The number of nitrogens with one attached hydrogen (secondary N) is 1. The van der Waals surface area contributed by atoms with E-state index in [1.807, 2.05) is 12.3 Å². The minimum atomic E-state index is 0.767. The van der Waals surface area contributed by atoms with Crippen LogP contribution in [0.5, 0.6) is 0 Å². The monoisotopic (exact) mass is 301 g/mol. The zero-order valence-corrected chi connectivity index (χ0v) is 12.2. The molecule has 0 fully saturated rings. The van der Waals surface area contributed by atoms with Gasteiger partial charge in [0.1, 0.15) is 5.82 Å². The summed E-state index contributed by atoms with van der Waals surface area (Å²) >= 11 is 3.53. The Kier molecular flexibility index (Phi) is 6.47. The molecule has 17 heavy (non-hydrogen) atoms. The van der Waals surface area contributed by atoms with Gasteiger partial charge >= 0.3 is 0 Å². The van der Waals surface area contributed by atoms with E-state index in [4.69, 9.17) is 4.74 Å². The Morgan fingerprint density at radius 3 is 2.94 bits per heavy atom. The highest BCUT2D eigenvalue weighted by atomic mass is 79.9. The fraction of sp³-hybridized carbons (Fsp3) is 0.583. The van der Waals surface area contributed by atoms with Crippen molar-refractivity contribution in [3.05, 3.63) is 22.3 Å². The van der Waals surface area contributed by atoms with Crippen LogP contribution < -0.4 is 5.32 Å². The molecule has 0 unspecified atom stereocenters. The van der Waals surface area contributed by atoms with Gasteiger partial charge in [-0.25, -0.2) is 4.98 Å². The third kappa shape index (κ3) is 5.02. The minimum absolute atomic E-state index is 0.767. The number of methoxy groups -OCH3 is 1. The van der Waals surface area contributed by atoms with Crippen molar-refractivity contribution in [1.29, 1.82) is 0 Å². The maximum absolute atomic E-state index is 5.03. The molecular formula is C12H20BrN3O. The van der Waals surface area contributed by atoms with E-state index < -0.39 is 0 Å². The van der Waals surface area contributed by atoms with Crippen LogP contribution >= 0.6 is 15.9 Å². The summed E-state index contributed by atoms with van der Waals surface area (Å²) in [7, 11) is 3.80. The fourth-order valence-corrected chi connectivity index (χ4v) is 1.76. The summed E-state index contributed by atoms with van der Waals surface area (Å²) in [4.78, 5) is 6.52. The first-order chi connectivity index (χ1) is 8.15. The van der Waals surface area contributed by atoms with Crippen molar-refractivity contribution in [2.45, 2.75) is 6.92 Å². The molecule has 0 aromatic carbocycles. The Balaban J connectivity index is 2.33. The molecule has 0 aliphatic heterocycles.